The molecule has 1 saturated heterocycles. The molecule has 1 fully saturated rings. The van der Waals surface area contributed by atoms with Crippen molar-refractivity contribution in [2.75, 3.05) is 26.2 Å². The number of halogens is 1. The van der Waals surface area contributed by atoms with E-state index in [9.17, 15) is 4.79 Å². The lowest BCUT2D eigenvalue weighted by Crippen LogP contribution is -2.53. The Morgan fingerprint density at radius 1 is 1.00 bits per heavy atom. The van der Waals surface area contributed by atoms with Gasteiger partial charge in [-0.05, 0) is 32.9 Å². The van der Waals surface area contributed by atoms with Crippen molar-refractivity contribution in [3.8, 4) is 0 Å². The average molecular weight is 339 g/mol. The molecule has 3 nitrogen and oxygen atoms in total. The quantitative estimate of drug-likeness (QED) is 0.788. The van der Waals surface area contributed by atoms with E-state index in [1.54, 1.807) is 0 Å². The van der Waals surface area contributed by atoms with Crippen molar-refractivity contribution >= 4 is 21.7 Å². The molecule has 20 heavy (non-hydrogen) atoms. The van der Waals surface area contributed by atoms with Gasteiger partial charge in [-0.25, -0.2) is 0 Å². The molecule has 1 heterocycles. The van der Waals surface area contributed by atoms with Crippen LogP contribution < -0.4 is 0 Å². The molecule has 1 aliphatic rings. The molecule has 0 amide bonds. The van der Waals surface area contributed by atoms with Crippen LogP contribution in [0, 0.1) is 0 Å². The van der Waals surface area contributed by atoms with E-state index in [-0.39, 0.29) is 11.8 Å². The molecule has 0 saturated carbocycles. The molecule has 0 radical (unpaired) electrons. The van der Waals surface area contributed by atoms with Crippen molar-refractivity contribution in [2.24, 2.45) is 0 Å². The van der Waals surface area contributed by atoms with Crippen LogP contribution in [0.4, 0.5) is 0 Å². The van der Waals surface area contributed by atoms with Crippen LogP contribution in [0.1, 0.15) is 31.1 Å². The number of Topliss-reactive ketones (excluding diaryl/α,β-unsaturated/α-hetero) is 1. The lowest BCUT2D eigenvalue weighted by atomic mass is 10.0. The molecule has 1 aromatic carbocycles. The van der Waals surface area contributed by atoms with Gasteiger partial charge in [0, 0.05) is 42.3 Å². The highest BCUT2D eigenvalue weighted by molar-refractivity contribution is 9.10. The number of carbonyl (C=O) groups excluding carboxylic acids is 1. The maximum absolute atomic E-state index is 12.5. The number of ketones is 1. The monoisotopic (exact) mass is 338 g/mol. The first-order valence-electron chi connectivity index (χ1n) is 7.27. The van der Waals surface area contributed by atoms with Gasteiger partial charge >= 0.3 is 0 Å². The number of piperazine rings is 1. The largest absolute Gasteiger partial charge is 0.298 e. The number of hydrogen-bond donors (Lipinski definition) is 0. The van der Waals surface area contributed by atoms with E-state index >= 15 is 0 Å². The fraction of sp³-hybridized carbons (Fsp3) is 0.562. The number of rotatable bonds is 4. The zero-order valence-corrected chi connectivity index (χ0v) is 14.1. The predicted octanol–water partition coefficient (Wildman–Crippen LogP) is 3.05. The molecule has 0 spiro atoms. The van der Waals surface area contributed by atoms with Crippen LogP contribution in [0.25, 0.3) is 0 Å². The molecule has 0 aromatic heterocycles. The Hall–Kier alpha value is -0.710. The zero-order valence-electron chi connectivity index (χ0n) is 12.5. The van der Waals surface area contributed by atoms with Gasteiger partial charge in [-0.15, -0.1) is 0 Å². The third-order valence-corrected chi connectivity index (χ3v) is 4.66. The number of hydrogen-bond acceptors (Lipinski definition) is 3. The summed E-state index contributed by atoms with van der Waals surface area (Å²) < 4.78 is 1.01. The molecule has 0 bridgehead atoms. The van der Waals surface area contributed by atoms with Crippen molar-refractivity contribution in [3.63, 3.8) is 0 Å². The van der Waals surface area contributed by atoms with Crippen molar-refractivity contribution in [3.05, 3.63) is 34.3 Å². The molecular weight excluding hydrogens is 316 g/mol. The van der Waals surface area contributed by atoms with Crippen LogP contribution in [0.3, 0.4) is 0 Å². The second kappa shape index (κ2) is 6.83. The van der Waals surface area contributed by atoms with Gasteiger partial charge in [-0.3, -0.25) is 14.6 Å². The second-order valence-corrected chi connectivity index (χ2v) is 6.63. The molecule has 1 aromatic rings. The van der Waals surface area contributed by atoms with Crippen LogP contribution >= 0.6 is 15.9 Å². The summed E-state index contributed by atoms with van der Waals surface area (Å²) in [5.41, 5.74) is 0.798. The Morgan fingerprint density at radius 3 is 2.00 bits per heavy atom. The third-order valence-electron chi connectivity index (χ3n) is 4.14. The Kier molecular flexibility index (Phi) is 5.35. The molecule has 4 heteroatoms. The van der Waals surface area contributed by atoms with E-state index in [0.29, 0.717) is 6.04 Å². The van der Waals surface area contributed by atoms with Crippen molar-refractivity contribution in [1.29, 1.82) is 0 Å². The summed E-state index contributed by atoms with van der Waals surface area (Å²) in [7, 11) is 0. The van der Waals surface area contributed by atoms with E-state index in [0.717, 1.165) is 36.2 Å². The van der Waals surface area contributed by atoms with Crippen LogP contribution in [0.2, 0.25) is 0 Å². The van der Waals surface area contributed by atoms with Crippen molar-refractivity contribution in [1.82, 2.24) is 9.80 Å². The van der Waals surface area contributed by atoms with Crippen LogP contribution in [0.5, 0.6) is 0 Å². The lowest BCUT2D eigenvalue weighted by molar-refractivity contribution is 0.0639. The highest BCUT2D eigenvalue weighted by atomic mass is 79.9. The maximum atomic E-state index is 12.5. The number of carbonyl (C=O) groups is 1. The van der Waals surface area contributed by atoms with Crippen molar-refractivity contribution < 1.29 is 4.79 Å². The van der Waals surface area contributed by atoms with Gasteiger partial charge in [-0.1, -0.05) is 28.1 Å². The minimum absolute atomic E-state index is 0.0366. The number of nitrogens with zero attached hydrogens (tertiary/aromatic N) is 2. The molecule has 1 atom stereocenters. The van der Waals surface area contributed by atoms with E-state index < -0.39 is 0 Å². The standard InChI is InChI=1S/C16H23BrN2O/c1-12(2)18-8-10-19(11-9-18)13(3)16(20)14-4-6-15(17)7-5-14/h4-7,12-13H,8-11H2,1-3H3. The van der Waals surface area contributed by atoms with Crippen molar-refractivity contribution in [2.45, 2.75) is 32.9 Å². The van der Waals surface area contributed by atoms with Gasteiger partial charge in [0.1, 0.15) is 0 Å². The van der Waals surface area contributed by atoms with Gasteiger partial charge in [0.25, 0.3) is 0 Å². The Bertz CT molecular complexity index is 450. The Morgan fingerprint density at radius 2 is 1.50 bits per heavy atom. The van der Waals surface area contributed by atoms with Gasteiger partial charge in [-0.2, -0.15) is 0 Å². The first kappa shape index (κ1) is 15.7. The fourth-order valence-electron chi connectivity index (χ4n) is 2.66. The summed E-state index contributed by atoms with van der Waals surface area (Å²) >= 11 is 3.40. The smallest absolute Gasteiger partial charge is 0.179 e. The predicted molar refractivity (Wildman–Crippen MR) is 86.2 cm³/mol. The highest BCUT2D eigenvalue weighted by Crippen LogP contribution is 2.16. The van der Waals surface area contributed by atoms with Gasteiger partial charge in [0.15, 0.2) is 5.78 Å². The molecule has 0 N–H and O–H groups in total. The number of benzene rings is 1. The normalized spacial score (nSPS) is 19.2. The first-order chi connectivity index (χ1) is 9.49. The second-order valence-electron chi connectivity index (χ2n) is 5.71. The molecule has 1 unspecified atom stereocenters. The van der Waals surface area contributed by atoms with Gasteiger partial charge in [0.2, 0.25) is 0 Å². The summed E-state index contributed by atoms with van der Waals surface area (Å²) in [5, 5.41) is 0. The van der Waals surface area contributed by atoms with E-state index in [1.807, 2.05) is 31.2 Å². The summed E-state index contributed by atoms with van der Waals surface area (Å²) in [5.74, 6) is 0.218. The highest BCUT2D eigenvalue weighted by Gasteiger charge is 2.26. The lowest BCUT2D eigenvalue weighted by Gasteiger charge is -2.39. The molecule has 110 valence electrons. The van der Waals surface area contributed by atoms with Gasteiger partial charge < -0.3 is 0 Å². The van der Waals surface area contributed by atoms with E-state index in [1.165, 1.54) is 0 Å². The summed E-state index contributed by atoms with van der Waals surface area (Å²) in [6.07, 6.45) is 0. The summed E-state index contributed by atoms with van der Waals surface area (Å²) in [4.78, 5) is 17.3. The molecular formula is C16H23BrN2O. The fourth-order valence-corrected chi connectivity index (χ4v) is 2.93. The van der Waals surface area contributed by atoms with Gasteiger partial charge in [0.05, 0.1) is 6.04 Å². The summed E-state index contributed by atoms with van der Waals surface area (Å²) in [6.45, 7) is 10.5. The topological polar surface area (TPSA) is 23.6 Å². The molecule has 1 aliphatic heterocycles. The minimum atomic E-state index is -0.0366. The van der Waals surface area contributed by atoms with E-state index in [2.05, 4.69) is 39.6 Å². The first-order valence-corrected chi connectivity index (χ1v) is 8.06. The zero-order chi connectivity index (χ0) is 14.7. The van der Waals surface area contributed by atoms with Crippen LogP contribution in [-0.2, 0) is 0 Å². The van der Waals surface area contributed by atoms with Crippen LogP contribution in [0.15, 0.2) is 28.7 Å². The van der Waals surface area contributed by atoms with Crippen LogP contribution in [-0.4, -0.2) is 53.8 Å². The Balaban J connectivity index is 1.96. The molecule has 2 rings (SSSR count). The summed E-state index contributed by atoms with van der Waals surface area (Å²) in [6, 6.07) is 8.20. The third kappa shape index (κ3) is 3.68. The Labute approximate surface area is 130 Å². The SMILES string of the molecule is CC(C)N1CCN(C(C)C(=O)c2ccc(Br)cc2)CC1. The van der Waals surface area contributed by atoms with E-state index in [4.69, 9.17) is 0 Å². The maximum Gasteiger partial charge on any atom is 0.179 e. The molecule has 0 aliphatic carbocycles. The minimum Gasteiger partial charge on any atom is -0.298 e. The average Bonchev–Trinajstić information content (AvgIpc) is 2.46.